The van der Waals surface area contributed by atoms with Crippen molar-refractivity contribution < 1.29 is 8.81 Å². The maximum atomic E-state index is 13.2. The molecule has 0 radical (unpaired) electrons. The summed E-state index contributed by atoms with van der Waals surface area (Å²) in [5, 5.41) is 0. The third kappa shape index (κ3) is 2.22. The van der Waals surface area contributed by atoms with Gasteiger partial charge in [0.2, 0.25) is 0 Å². The fraction of sp³-hybridized carbons (Fsp3) is 0.133. The van der Waals surface area contributed by atoms with E-state index < -0.39 is 6.04 Å². The van der Waals surface area contributed by atoms with Crippen LogP contribution in [0.1, 0.15) is 23.1 Å². The summed E-state index contributed by atoms with van der Waals surface area (Å²) in [6, 6.07) is 11.3. The normalized spacial score (nSPS) is 12.8. The maximum Gasteiger partial charge on any atom is 0.152 e. The van der Waals surface area contributed by atoms with E-state index in [1.54, 1.807) is 18.2 Å². The number of nitrogens with two attached hydrogens (primary N) is 1. The smallest absolute Gasteiger partial charge is 0.152 e. The summed E-state index contributed by atoms with van der Waals surface area (Å²) in [5.41, 5.74) is 9.14. The van der Waals surface area contributed by atoms with Crippen LogP contribution in [0.5, 0.6) is 0 Å². The van der Waals surface area contributed by atoms with Gasteiger partial charge in [-0.2, -0.15) is 0 Å². The topological polar surface area (TPSA) is 52.0 Å². The van der Waals surface area contributed by atoms with Crippen LogP contribution < -0.4 is 5.73 Å². The molecule has 2 heterocycles. The van der Waals surface area contributed by atoms with Crippen LogP contribution in [0, 0.1) is 12.7 Å². The molecule has 2 N–H and O–H groups in total. The molecule has 1 unspecified atom stereocenters. The Hall–Kier alpha value is -2.20. The van der Waals surface area contributed by atoms with Crippen molar-refractivity contribution in [3.63, 3.8) is 0 Å². The summed E-state index contributed by atoms with van der Waals surface area (Å²) < 4.78 is 18.9. The van der Waals surface area contributed by atoms with Gasteiger partial charge in [0.05, 0.1) is 6.04 Å². The molecule has 0 saturated carbocycles. The summed E-state index contributed by atoms with van der Waals surface area (Å²) in [7, 11) is 0. The van der Waals surface area contributed by atoms with Crippen molar-refractivity contribution in [1.82, 2.24) is 4.98 Å². The van der Waals surface area contributed by atoms with E-state index >= 15 is 0 Å². The molecule has 0 spiro atoms. The molecule has 3 aromatic rings. The second kappa shape index (κ2) is 4.48. The molecule has 96 valence electrons. The van der Waals surface area contributed by atoms with E-state index in [1.807, 2.05) is 19.1 Å². The van der Waals surface area contributed by atoms with E-state index in [0.29, 0.717) is 16.9 Å². The molecular weight excluding hydrogens is 243 g/mol. The molecule has 0 fully saturated rings. The van der Waals surface area contributed by atoms with Gasteiger partial charge < -0.3 is 10.2 Å². The fourth-order valence-corrected chi connectivity index (χ4v) is 2.06. The highest BCUT2D eigenvalue weighted by atomic mass is 19.1. The molecule has 3 rings (SSSR count). The van der Waals surface area contributed by atoms with Crippen molar-refractivity contribution >= 4 is 11.1 Å². The van der Waals surface area contributed by atoms with Crippen LogP contribution in [-0.2, 0) is 0 Å². The molecule has 2 aromatic heterocycles. The molecule has 4 heteroatoms. The number of aromatic nitrogens is 1. The minimum atomic E-state index is -0.495. The first-order valence-electron chi connectivity index (χ1n) is 6.01. The minimum absolute atomic E-state index is 0.307. The SMILES string of the molecule is Cc1ccc2oc(C(N)c3cccc(F)c3)cc2n1. The average Bonchev–Trinajstić information content (AvgIpc) is 2.80. The van der Waals surface area contributed by atoms with E-state index in [-0.39, 0.29) is 5.82 Å². The van der Waals surface area contributed by atoms with Gasteiger partial charge in [-0.15, -0.1) is 0 Å². The zero-order chi connectivity index (χ0) is 13.4. The van der Waals surface area contributed by atoms with Gasteiger partial charge in [-0.25, -0.2) is 9.37 Å². The van der Waals surface area contributed by atoms with Gasteiger partial charge in [0, 0.05) is 11.8 Å². The summed E-state index contributed by atoms with van der Waals surface area (Å²) in [6.45, 7) is 1.92. The largest absolute Gasteiger partial charge is 0.457 e. The van der Waals surface area contributed by atoms with Crippen LogP contribution in [0.25, 0.3) is 11.1 Å². The number of nitrogens with zero attached hydrogens (tertiary/aromatic N) is 1. The molecule has 0 bridgehead atoms. The van der Waals surface area contributed by atoms with Crippen LogP contribution in [0.15, 0.2) is 46.9 Å². The lowest BCUT2D eigenvalue weighted by atomic mass is 10.1. The molecule has 1 aromatic carbocycles. The fourth-order valence-electron chi connectivity index (χ4n) is 2.06. The summed E-state index contributed by atoms with van der Waals surface area (Å²) >= 11 is 0. The lowest BCUT2D eigenvalue weighted by Gasteiger charge is -2.08. The molecular formula is C15H13FN2O. The van der Waals surface area contributed by atoms with Crippen LogP contribution in [0.2, 0.25) is 0 Å². The summed E-state index contributed by atoms with van der Waals surface area (Å²) in [6.07, 6.45) is 0. The Balaban J connectivity index is 2.04. The van der Waals surface area contributed by atoms with E-state index in [1.165, 1.54) is 12.1 Å². The van der Waals surface area contributed by atoms with Gasteiger partial charge in [-0.05, 0) is 36.8 Å². The average molecular weight is 256 g/mol. The van der Waals surface area contributed by atoms with Gasteiger partial charge in [0.1, 0.15) is 17.1 Å². The summed E-state index contributed by atoms with van der Waals surface area (Å²) in [5.74, 6) is 0.275. The van der Waals surface area contributed by atoms with Gasteiger partial charge in [-0.1, -0.05) is 12.1 Å². The van der Waals surface area contributed by atoms with Crippen molar-refractivity contribution in [3.8, 4) is 0 Å². The molecule has 0 aliphatic rings. The van der Waals surface area contributed by atoms with Gasteiger partial charge in [0.15, 0.2) is 5.58 Å². The monoisotopic (exact) mass is 256 g/mol. The standard InChI is InChI=1S/C15H13FN2O/c1-9-5-6-13-12(18-9)8-14(19-13)15(17)10-3-2-4-11(16)7-10/h2-8,15H,17H2,1H3. The van der Waals surface area contributed by atoms with E-state index in [2.05, 4.69) is 4.98 Å². The first kappa shape index (κ1) is 11.9. The molecule has 19 heavy (non-hydrogen) atoms. The third-order valence-electron chi connectivity index (χ3n) is 3.05. The Morgan fingerprint density at radius 1 is 1.21 bits per heavy atom. The third-order valence-corrected chi connectivity index (χ3v) is 3.05. The first-order chi connectivity index (χ1) is 9.13. The van der Waals surface area contributed by atoms with Crippen molar-refractivity contribution in [2.24, 2.45) is 5.73 Å². The van der Waals surface area contributed by atoms with Crippen LogP contribution in [0.4, 0.5) is 4.39 Å². The Bertz CT molecular complexity index is 736. The Morgan fingerprint density at radius 2 is 2.05 bits per heavy atom. The van der Waals surface area contributed by atoms with E-state index in [9.17, 15) is 4.39 Å². The Kier molecular flexibility index (Phi) is 2.80. The number of pyridine rings is 1. The molecule has 0 amide bonds. The number of aryl methyl sites for hydroxylation is 1. The molecule has 3 nitrogen and oxygen atoms in total. The van der Waals surface area contributed by atoms with Gasteiger partial charge >= 0.3 is 0 Å². The van der Waals surface area contributed by atoms with E-state index in [0.717, 1.165) is 11.2 Å². The molecule has 0 aliphatic carbocycles. The molecule has 1 atom stereocenters. The predicted molar refractivity (Wildman–Crippen MR) is 71.2 cm³/mol. The Morgan fingerprint density at radius 3 is 2.84 bits per heavy atom. The lowest BCUT2D eigenvalue weighted by molar-refractivity contribution is 0.523. The van der Waals surface area contributed by atoms with Crippen molar-refractivity contribution in [2.45, 2.75) is 13.0 Å². The van der Waals surface area contributed by atoms with Crippen molar-refractivity contribution in [3.05, 3.63) is 65.3 Å². The minimum Gasteiger partial charge on any atom is -0.457 e. The summed E-state index contributed by atoms with van der Waals surface area (Å²) in [4.78, 5) is 4.37. The highest BCUT2D eigenvalue weighted by Crippen LogP contribution is 2.26. The number of benzene rings is 1. The lowest BCUT2D eigenvalue weighted by Crippen LogP contribution is -2.10. The predicted octanol–water partition coefficient (Wildman–Crippen LogP) is 3.32. The molecule has 0 aliphatic heterocycles. The number of halogens is 1. The highest BCUT2D eigenvalue weighted by Gasteiger charge is 2.15. The second-order valence-electron chi connectivity index (χ2n) is 4.52. The first-order valence-corrected chi connectivity index (χ1v) is 6.01. The van der Waals surface area contributed by atoms with Crippen LogP contribution in [0.3, 0.4) is 0 Å². The van der Waals surface area contributed by atoms with Crippen molar-refractivity contribution in [2.75, 3.05) is 0 Å². The van der Waals surface area contributed by atoms with Crippen LogP contribution in [-0.4, -0.2) is 4.98 Å². The van der Waals surface area contributed by atoms with Crippen LogP contribution >= 0.6 is 0 Å². The zero-order valence-electron chi connectivity index (χ0n) is 10.4. The molecule has 0 saturated heterocycles. The maximum absolute atomic E-state index is 13.2. The number of furan rings is 1. The second-order valence-corrected chi connectivity index (χ2v) is 4.52. The van der Waals surface area contributed by atoms with E-state index in [4.69, 9.17) is 10.2 Å². The Labute approximate surface area is 109 Å². The number of fused-ring (bicyclic) bond motifs is 1. The quantitative estimate of drug-likeness (QED) is 0.765. The number of hydrogen-bond acceptors (Lipinski definition) is 3. The van der Waals surface area contributed by atoms with Crippen molar-refractivity contribution in [1.29, 1.82) is 0 Å². The van der Waals surface area contributed by atoms with Gasteiger partial charge in [-0.3, -0.25) is 0 Å². The number of rotatable bonds is 2. The number of hydrogen-bond donors (Lipinski definition) is 1. The van der Waals surface area contributed by atoms with Gasteiger partial charge in [0.25, 0.3) is 0 Å². The zero-order valence-corrected chi connectivity index (χ0v) is 10.4. The highest BCUT2D eigenvalue weighted by molar-refractivity contribution is 5.73.